The fourth-order valence-electron chi connectivity index (χ4n) is 4.47. The molecule has 2 aliphatic carbocycles. The average Bonchev–Trinajstić information content (AvgIpc) is 2.53. The van der Waals surface area contributed by atoms with Crippen molar-refractivity contribution in [3.63, 3.8) is 0 Å². The van der Waals surface area contributed by atoms with Crippen LogP contribution >= 0.6 is 7.92 Å². The predicted octanol–water partition coefficient (Wildman–Crippen LogP) is 5.95. The molecule has 0 saturated heterocycles. The molecule has 3 rings (SSSR count). The fourth-order valence-corrected chi connectivity index (χ4v) is 8.53. The van der Waals surface area contributed by atoms with Crippen molar-refractivity contribution in [1.82, 2.24) is 0 Å². The van der Waals surface area contributed by atoms with Gasteiger partial charge in [-0.15, -0.1) is 19.3 Å². The van der Waals surface area contributed by atoms with Gasteiger partial charge in [-0.25, -0.2) is 0 Å². The maximum Gasteiger partial charge on any atom is 0 e. The Hall–Kier alpha value is 0.169. The zero-order chi connectivity index (χ0) is 14.7. The van der Waals surface area contributed by atoms with Crippen LogP contribution in [0, 0.1) is 13.8 Å². The molecule has 0 nitrogen and oxygen atoms in total. The maximum absolute atomic E-state index is 4.41. The quantitative estimate of drug-likeness (QED) is 0.361. The predicted molar refractivity (Wildman–Crippen MR) is 95.9 cm³/mol. The summed E-state index contributed by atoms with van der Waals surface area (Å²) in [4.78, 5) is 0. The van der Waals surface area contributed by atoms with Crippen LogP contribution < -0.4 is 5.30 Å². The Bertz CT molecular complexity index is 421. The Kier molecular flexibility index (Phi) is 7.46. The molecule has 1 aromatic carbocycles. The second kappa shape index (κ2) is 8.86. The standard InChI is InChI=1S/C20H30P.Ir/c1-16-10-9-11-17(2)20(16)21(18-12-5-3-6-13-18)19-14-7-4-8-15-19;/h9-11,18-19H,1,3-8,12-15H2,2H3;/q-1;. The molecule has 0 amide bonds. The second-order valence-corrected chi connectivity index (χ2v) is 9.80. The van der Waals surface area contributed by atoms with Gasteiger partial charge in [0.05, 0.1) is 0 Å². The van der Waals surface area contributed by atoms with E-state index in [9.17, 15) is 0 Å². The molecular weight excluding hydrogens is 463 g/mol. The third-order valence-corrected chi connectivity index (χ3v) is 9.28. The number of benzene rings is 1. The third kappa shape index (κ3) is 4.17. The Morgan fingerprint density at radius 3 is 1.82 bits per heavy atom. The Labute approximate surface area is 152 Å². The SMILES string of the molecule is [CH2-]c1cccc(C)c1P(C1CCCCC1)C1CCCCC1.[Ir]. The summed E-state index contributed by atoms with van der Waals surface area (Å²) in [6, 6.07) is 6.77. The zero-order valence-electron chi connectivity index (χ0n) is 13.9. The van der Waals surface area contributed by atoms with Crippen LogP contribution in [0.2, 0.25) is 0 Å². The van der Waals surface area contributed by atoms with Gasteiger partial charge in [0.25, 0.3) is 0 Å². The number of aryl methyl sites for hydroxylation is 1. The molecule has 0 aromatic heterocycles. The van der Waals surface area contributed by atoms with Crippen molar-refractivity contribution in [2.24, 2.45) is 0 Å². The van der Waals surface area contributed by atoms with E-state index in [1.165, 1.54) is 75.3 Å². The van der Waals surface area contributed by atoms with Crippen molar-refractivity contribution in [3.05, 3.63) is 36.2 Å². The van der Waals surface area contributed by atoms with Gasteiger partial charge in [0.1, 0.15) is 0 Å². The third-order valence-electron chi connectivity index (χ3n) is 5.52. The molecule has 0 unspecified atom stereocenters. The van der Waals surface area contributed by atoms with E-state index in [0.717, 1.165) is 11.3 Å². The van der Waals surface area contributed by atoms with Crippen LogP contribution in [0.4, 0.5) is 0 Å². The van der Waals surface area contributed by atoms with Gasteiger partial charge >= 0.3 is 0 Å². The molecule has 0 spiro atoms. The van der Waals surface area contributed by atoms with Gasteiger partial charge in [-0.3, -0.25) is 0 Å². The molecule has 22 heavy (non-hydrogen) atoms. The van der Waals surface area contributed by atoms with Crippen LogP contribution in [0.5, 0.6) is 0 Å². The van der Waals surface area contributed by atoms with E-state index in [1.54, 1.807) is 5.30 Å². The Morgan fingerprint density at radius 1 is 0.864 bits per heavy atom. The minimum Gasteiger partial charge on any atom is -0.198 e. The first-order chi connectivity index (χ1) is 10.3. The summed E-state index contributed by atoms with van der Waals surface area (Å²) in [6.07, 6.45) is 14.7. The fraction of sp³-hybridized carbons (Fsp3) is 0.650. The van der Waals surface area contributed by atoms with E-state index in [1.807, 2.05) is 0 Å². The molecule has 125 valence electrons. The molecule has 0 aliphatic heterocycles. The zero-order valence-corrected chi connectivity index (χ0v) is 17.2. The molecule has 0 bridgehead atoms. The van der Waals surface area contributed by atoms with Crippen molar-refractivity contribution in [3.8, 4) is 0 Å². The van der Waals surface area contributed by atoms with Gasteiger partial charge in [0.2, 0.25) is 0 Å². The van der Waals surface area contributed by atoms with Crippen molar-refractivity contribution in [2.45, 2.75) is 82.4 Å². The Balaban J connectivity index is 0.00000176. The number of hydrogen-bond donors (Lipinski definition) is 0. The summed E-state index contributed by atoms with van der Waals surface area (Å²) in [6.45, 7) is 6.73. The topological polar surface area (TPSA) is 0 Å². The van der Waals surface area contributed by atoms with Crippen LogP contribution in [-0.4, -0.2) is 11.3 Å². The summed E-state index contributed by atoms with van der Waals surface area (Å²) >= 11 is 0. The van der Waals surface area contributed by atoms with E-state index in [0.29, 0.717) is 0 Å². The van der Waals surface area contributed by atoms with Crippen molar-refractivity contribution < 1.29 is 20.1 Å². The molecular formula is C20H30IrP-. The second-order valence-electron chi connectivity index (χ2n) is 7.07. The summed E-state index contributed by atoms with van der Waals surface area (Å²) in [5, 5.41) is 1.69. The molecule has 1 aromatic rings. The maximum atomic E-state index is 4.41. The van der Waals surface area contributed by atoms with Crippen molar-refractivity contribution in [2.75, 3.05) is 0 Å². The Morgan fingerprint density at radius 2 is 1.36 bits per heavy atom. The smallest absolute Gasteiger partial charge is 0 e. The summed E-state index contributed by atoms with van der Waals surface area (Å²) in [5.74, 6) is 0. The molecule has 0 atom stereocenters. The van der Waals surface area contributed by atoms with E-state index in [2.05, 4.69) is 32.0 Å². The monoisotopic (exact) mass is 494 g/mol. The molecule has 0 heterocycles. The van der Waals surface area contributed by atoms with E-state index in [4.69, 9.17) is 0 Å². The van der Waals surface area contributed by atoms with Crippen LogP contribution in [-0.2, 0) is 20.1 Å². The van der Waals surface area contributed by atoms with Gasteiger partial charge < -0.3 is 0 Å². The van der Waals surface area contributed by atoms with Crippen LogP contribution in [0.1, 0.15) is 75.3 Å². The first kappa shape index (κ1) is 18.5. The molecule has 2 heteroatoms. The largest absolute Gasteiger partial charge is 0.198 e. The number of hydrogen-bond acceptors (Lipinski definition) is 0. The number of rotatable bonds is 3. The minimum atomic E-state index is 0. The van der Waals surface area contributed by atoms with Crippen LogP contribution in [0.15, 0.2) is 18.2 Å². The summed E-state index contributed by atoms with van der Waals surface area (Å²) in [5.41, 5.74) is 4.82. The van der Waals surface area contributed by atoms with Gasteiger partial charge in [-0.05, 0) is 37.0 Å². The van der Waals surface area contributed by atoms with Gasteiger partial charge in [-0.2, -0.15) is 18.6 Å². The van der Waals surface area contributed by atoms with Crippen LogP contribution in [0.3, 0.4) is 0 Å². The van der Waals surface area contributed by atoms with Crippen LogP contribution in [0.25, 0.3) is 0 Å². The first-order valence-corrected chi connectivity index (χ1v) is 10.5. The summed E-state index contributed by atoms with van der Waals surface area (Å²) < 4.78 is 0. The van der Waals surface area contributed by atoms with E-state index in [-0.39, 0.29) is 28.0 Å². The summed E-state index contributed by atoms with van der Waals surface area (Å²) in [7, 11) is 0.00373. The van der Waals surface area contributed by atoms with Gasteiger partial charge in [0.15, 0.2) is 0 Å². The first-order valence-electron chi connectivity index (χ1n) is 8.97. The van der Waals surface area contributed by atoms with E-state index < -0.39 is 0 Å². The average molecular weight is 494 g/mol. The molecule has 1 radical (unpaired) electrons. The van der Waals surface area contributed by atoms with Gasteiger partial charge in [0, 0.05) is 20.1 Å². The molecule has 2 aliphatic rings. The van der Waals surface area contributed by atoms with Gasteiger partial charge in [-0.1, -0.05) is 57.1 Å². The minimum absolute atomic E-state index is 0. The molecule has 2 saturated carbocycles. The van der Waals surface area contributed by atoms with Crippen molar-refractivity contribution in [1.29, 1.82) is 0 Å². The molecule has 2 fully saturated rings. The molecule has 0 N–H and O–H groups in total. The van der Waals surface area contributed by atoms with Crippen molar-refractivity contribution >= 4 is 13.2 Å². The van der Waals surface area contributed by atoms with E-state index >= 15 is 0 Å². The normalized spacial score (nSPS) is 20.8.